The van der Waals surface area contributed by atoms with Crippen molar-refractivity contribution < 1.29 is 24.0 Å². The SMILES string of the molecule is CCOC(=O)C1=C(C)NC(C)=C(C(=O)OCCC#N)[C@H]1c1cccc([N+](=O)[O-])c1. The zero-order chi connectivity index (χ0) is 21.6. The summed E-state index contributed by atoms with van der Waals surface area (Å²) in [4.78, 5) is 36.1. The third kappa shape index (κ3) is 4.79. The molecule has 1 aliphatic heterocycles. The molecule has 1 heterocycles. The molecule has 0 saturated heterocycles. The Balaban J connectivity index is 2.61. The van der Waals surface area contributed by atoms with Crippen LogP contribution in [0, 0.1) is 21.4 Å². The van der Waals surface area contributed by atoms with Gasteiger partial charge in [-0.05, 0) is 26.3 Å². The molecule has 0 unspecified atom stereocenters. The van der Waals surface area contributed by atoms with Gasteiger partial charge in [0.25, 0.3) is 5.69 Å². The van der Waals surface area contributed by atoms with E-state index in [1.54, 1.807) is 26.8 Å². The van der Waals surface area contributed by atoms with Crippen LogP contribution in [0.15, 0.2) is 46.8 Å². The van der Waals surface area contributed by atoms with Crippen LogP contribution in [0.2, 0.25) is 0 Å². The lowest BCUT2D eigenvalue weighted by Crippen LogP contribution is -2.32. The highest BCUT2D eigenvalue weighted by atomic mass is 16.6. The normalized spacial score (nSPS) is 16.0. The molecular formula is C20H21N3O6. The predicted octanol–water partition coefficient (Wildman–Crippen LogP) is 2.85. The van der Waals surface area contributed by atoms with E-state index >= 15 is 0 Å². The number of carbonyl (C=O) groups excluding carboxylic acids is 2. The minimum Gasteiger partial charge on any atom is -0.463 e. The monoisotopic (exact) mass is 399 g/mol. The number of rotatable bonds is 7. The Labute approximate surface area is 167 Å². The lowest BCUT2D eigenvalue weighted by Gasteiger charge is -2.30. The van der Waals surface area contributed by atoms with E-state index in [4.69, 9.17) is 14.7 Å². The van der Waals surface area contributed by atoms with Crippen molar-refractivity contribution in [1.82, 2.24) is 5.32 Å². The van der Waals surface area contributed by atoms with Crippen molar-refractivity contribution in [3.05, 3.63) is 62.5 Å². The lowest BCUT2D eigenvalue weighted by molar-refractivity contribution is -0.384. The number of allylic oxidation sites excluding steroid dienone is 2. The number of benzene rings is 1. The Morgan fingerprint density at radius 1 is 1.21 bits per heavy atom. The molecule has 2 rings (SSSR count). The second kappa shape index (κ2) is 9.50. The average molecular weight is 399 g/mol. The summed E-state index contributed by atoms with van der Waals surface area (Å²) in [7, 11) is 0. The molecule has 0 radical (unpaired) electrons. The second-order valence-electron chi connectivity index (χ2n) is 6.25. The van der Waals surface area contributed by atoms with Gasteiger partial charge in [0.05, 0.1) is 41.1 Å². The maximum Gasteiger partial charge on any atom is 0.336 e. The summed E-state index contributed by atoms with van der Waals surface area (Å²) in [5.41, 5.74) is 1.45. The smallest absolute Gasteiger partial charge is 0.336 e. The molecule has 1 N–H and O–H groups in total. The Bertz CT molecular complexity index is 942. The molecule has 0 aromatic heterocycles. The molecule has 0 bridgehead atoms. The average Bonchev–Trinajstić information content (AvgIpc) is 2.67. The number of nitrogens with zero attached hydrogens (tertiary/aromatic N) is 2. The number of carbonyl (C=O) groups is 2. The molecule has 1 atom stereocenters. The van der Waals surface area contributed by atoms with Gasteiger partial charge in [-0.3, -0.25) is 10.1 Å². The summed E-state index contributed by atoms with van der Waals surface area (Å²) in [6.45, 7) is 4.99. The van der Waals surface area contributed by atoms with Gasteiger partial charge in [-0.2, -0.15) is 5.26 Å². The molecule has 0 aliphatic carbocycles. The first-order chi connectivity index (χ1) is 13.8. The number of ether oxygens (including phenoxy) is 2. The minimum atomic E-state index is -0.912. The van der Waals surface area contributed by atoms with Crippen molar-refractivity contribution >= 4 is 17.6 Å². The van der Waals surface area contributed by atoms with Crippen molar-refractivity contribution in [1.29, 1.82) is 5.26 Å². The number of non-ortho nitro benzene ring substituents is 1. The fourth-order valence-electron chi connectivity index (χ4n) is 3.16. The molecule has 9 heteroatoms. The van der Waals surface area contributed by atoms with Crippen LogP contribution in [0.3, 0.4) is 0 Å². The predicted molar refractivity (Wildman–Crippen MR) is 102 cm³/mol. The summed E-state index contributed by atoms with van der Waals surface area (Å²) in [5, 5.41) is 22.9. The molecule has 1 aliphatic rings. The van der Waals surface area contributed by atoms with Gasteiger partial charge in [-0.15, -0.1) is 0 Å². The van der Waals surface area contributed by atoms with Gasteiger partial charge >= 0.3 is 11.9 Å². The molecule has 0 fully saturated rings. The van der Waals surface area contributed by atoms with Gasteiger partial charge in [0.2, 0.25) is 0 Å². The van der Waals surface area contributed by atoms with Crippen LogP contribution in [0.25, 0.3) is 0 Å². The number of esters is 2. The van der Waals surface area contributed by atoms with Gasteiger partial charge in [-0.25, -0.2) is 9.59 Å². The summed E-state index contributed by atoms with van der Waals surface area (Å²) < 4.78 is 10.3. The van der Waals surface area contributed by atoms with Gasteiger partial charge in [0.15, 0.2) is 0 Å². The first kappa shape index (κ1) is 21.6. The molecule has 152 valence electrons. The molecule has 1 aromatic carbocycles. The fourth-order valence-corrected chi connectivity index (χ4v) is 3.16. The lowest BCUT2D eigenvalue weighted by atomic mass is 9.80. The number of nitrogens with one attached hydrogen (secondary N) is 1. The summed E-state index contributed by atoms with van der Waals surface area (Å²) >= 11 is 0. The summed E-state index contributed by atoms with van der Waals surface area (Å²) in [6.07, 6.45) is 0.0204. The quantitative estimate of drug-likeness (QED) is 0.320. The van der Waals surface area contributed by atoms with Crippen molar-refractivity contribution in [2.75, 3.05) is 13.2 Å². The first-order valence-corrected chi connectivity index (χ1v) is 8.95. The summed E-state index contributed by atoms with van der Waals surface area (Å²) in [6, 6.07) is 7.62. The highest BCUT2D eigenvalue weighted by molar-refractivity contribution is 5.99. The number of nitro groups is 1. The van der Waals surface area contributed by atoms with Crippen molar-refractivity contribution in [2.24, 2.45) is 0 Å². The van der Waals surface area contributed by atoms with E-state index in [0.717, 1.165) is 0 Å². The number of hydrogen-bond donors (Lipinski definition) is 1. The Morgan fingerprint density at radius 3 is 2.38 bits per heavy atom. The van der Waals surface area contributed by atoms with E-state index in [1.165, 1.54) is 18.2 Å². The van der Waals surface area contributed by atoms with E-state index in [0.29, 0.717) is 17.0 Å². The highest BCUT2D eigenvalue weighted by Crippen LogP contribution is 2.40. The van der Waals surface area contributed by atoms with E-state index in [1.807, 2.05) is 6.07 Å². The molecular weight excluding hydrogens is 378 g/mol. The van der Waals surface area contributed by atoms with E-state index in [-0.39, 0.29) is 36.5 Å². The topological polar surface area (TPSA) is 132 Å². The number of nitro benzene ring substituents is 1. The molecule has 29 heavy (non-hydrogen) atoms. The molecule has 9 nitrogen and oxygen atoms in total. The number of nitriles is 1. The zero-order valence-electron chi connectivity index (χ0n) is 16.4. The highest BCUT2D eigenvalue weighted by Gasteiger charge is 2.38. The fraction of sp³-hybridized carbons (Fsp3) is 0.350. The van der Waals surface area contributed by atoms with E-state index in [9.17, 15) is 19.7 Å². The van der Waals surface area contributed by atoms with Crippen molar-refractivity contribution in [3.63, 3.8) is 0 Å². The number of dihydropyridines is 1. The van der Waals surface area contributed by atoms with Gasteiger partial charge in [0.1, 0.15) is 6.61 Å². The summed E-state index contributed by atoms with van der Waals surface area (Å²) in [5.74, 6) is -2.26. The first-order valence-electron chi connectivity index (χ1n) is 8.95. The maximum absolute atomic E-state index is 12.8. The maximum atomic E-state index is 12.8. The standard InChI is InChI=1S/C20H21N3O6/c1-4-28-19(24)16-12(2)22-13(3)17(20(25)29-10-6-9-21)18(16)14-7-5-8-15(11-14)23(26)27/h5,7-8,11,18,22H,4,6,10H2,1-3H3/t18-/m0/s1. The third-order valence-electron chi connectivity index (χ3n) is 4.34. The molecule has 0 saturated carbocycles. The molecule has 0 amide bonds. The zero-order valence-corrected chi connectivity index (χ0v) is 16.4. The van der Waals surface area contributed by atoms with Crippen LogP contribution in [0.4, 0.5) is 5.69 Å². The van der Waals surface area contributed by atoms with Crippen LogP contribution in [-0.2, 0) is 19.1 Å². The van der Waals surface area contributed by atoms with Gasteiger partial charge < -0.3 is 14.8 Å². The Hall–Kier alpha value is -3.67. The largest absolute Gasteiger partial charge is 0.463 e. The van der Waals surface area contributed by atoms with Crippen LogP contribution in [0.1, 0.15) is 38.7 Å². The third-order valence-corrected chi connectivity index (χ3v) is 4.34. The second-order valence-corrected chi connectivity index (χ2v) is 6.25. The minimum absolute atomic E-state index is 0.0204. The Kier molecular flexibility index (Phi) is 7.09. The van der Waals surface area contributed by atoms with Crippen LogP contribution in [-0.4, -0.2) is 30.1 Å². The van der Waals surface area contributed by atoms with Crippen molar-refractivity contribution in [2.45, 2.75) is 33.1 Å². The van der Waals surface area contributed by atoms with E-state index in [2.05, 4.69) is 5.32 Å². The van der Waals surface area contributed by atoms with Crippen molar-refractivity contribution in [3.8, 4) is 6.07 Å². The van der Waals surface area contributed by atoms with Crippen LogP contribution < -0.4 is 5.32 Å². The molecule has 0 spiro atoms. The number of hydrogen-bond acceptors (Lipinski definition) is 8. The van der Waals surface area contributed by atoms with Gasteiger partial charge in [0, 0.05) is 23.5 Å². The Morgan fingerprint density at radius 2 is 1.83 bits per heavy atom. The van der Waals surface area contributed by atoms with Gasteiger partial charge in [-0.1, -0.05) is 12.1 Å². The molecule has 1 aromatic rings. The van der Waals surface area contributed by atoms with E-state index < -0.39 is 22.8 Å². The van der Waals surface area contributed by atoms with Crippen LogP contribution in [0.5, 0.6) is 0 Å². The van der Waals surface area contributed by atoms with Crippen LogP contribution >= 0.6 is 0 Å².